The molecule has 1 aromatic carbocycles. The number of halogens is 1. The lowest BCUT2D eigenvalue weighted by Crippen LogP contribution is -2.25. The summed E-state index contributed by atoms with van der Waals surface area (Å²) in [5, 5.41) is 4.33. The lowest BCUT2D eigenvalue weighted by atomic mass is 10.2. The molecule has 0 fully saturated rings. The van der Waals surface area contributed by atoms with E-state index in [1.807, 2.05) is 27.7 Å². The van der Waals surface area contributed by atoms with Crippen LogP contribution in [-0.2, 0) is 4.79 Å². The maximum Gasteiger partial charge on any atom is 0.263 e. The maximum atomic E-state index is 13.3. The number of aromatic nitrogens is 3. The van der Waals surface area contributed by atoms with Crippen LogP contribution in [0.5, 0.6) is 0 Å². The predicted molar refractivity (Wildman–Crippen MR) is 123 cm³/mol. The molecule has 0 bridgehead atoms. The highest BCUT2D eigenvalue weighted by atomic mass is 32.2. The van der Waals surface area contributed by atoms with Crippen LogP contribution >= 0.6 is 34.4 Å². The first kappa shape index (κ1) is 21.0. The minimum absolute atomic E-state index is 0.0760. The monoisotopic (exact) mass is 462 g/mol. The Kier molecular flexibility index (Phi) is 5.65. The van der Waals surface area contributed by atoms with Crippen LogP contribution in [0.1, 0.15) is 30.3 Å². The topological polar surface area (TPSA) is 76.9 Å². The van der Waals surface area contributed by atoms with Gasteiger partial charge in [-0.1, -0.05) is 23.1 Å². The Morgan fingerprint density at radius 2 is 2.03 bits per heavy atom. The second kappa shape index (κ2) is 8.09. The molecule has 3 heterocycles. The first-order valence-corrected chi connectivity index (χ1v) is 11.9. The number of nitrogens with one attached hydrogen (secondary N) is 1. The quantitative estimate of drug-likeness (QED) is 0.328. The lowest BCUT2D eigenvalue weighted by Gasteiger charge is -2.15. The molecule has 0 atom stereocenters. The highest BCUT2D eigenvalue weighted by Crippen LogP contribution is 2.30. The molecule has 0 aliphatic carbocycles. The smallest absolute Gasteiger partial charge is 0.263 e. The third kappa shape index (κ3) is 3.86. The van der Waals surface area contributed by atoms with E-state index >= 15 is 0 Å². The molecule has 0 unspecified atom stereocenters. The molecule has 4 aromatic rings. The van der Waals surface area contributed by atoms with Crippen LogP contribution in [0.25, 0.3) is 20.4 Å². The van der Waals surface area contributed by atoms with E-state index in [1.165, 1.54) is 46.6 Å². The fourth-order valence-corrected chi connectivity index (χ4v) is 5.99. The van der Waals surface area contributed by atoms with E-state index in [0.29, 0.717) is 30.7 Å². The van der Waals surface area contributed by atoms with Gasteiger partial charge in [0.25, 0.3) is 5.56 Å². The summed E-state index contributed by atoms with van der Waals surface area (Å²) in [5.74, 6) is -0.521. The summed E-state index contributed by atoms with van der Waals surface area (Å²) in [7, 11) is 0. The van der Waals surface area contributed by atoms with Crippen molar-refractivity contribution in [2.45, 2.75) is 38.9 Å². The molecule has 3 aromatic heterocycles. The van der Waals surface area contributed by atoms with Crippen molar-refractivity contribution in [2.24, 2.45) is 0 Å². The maximum absolute atomic E-state index is 13.3. The average molecular weight is 463 g/mol. The zero-order valence-corrected chi connectivity index (χ0v) is 19.2. The van der Waals surface area contributed by atoms with Gasteiger partial charge >= 0.3 is 0 Å². The summed E-state index contributed by atoms with van der Waals surface area (Å²) >= 11 is 3.93. The molecular weight excluding hydrogens is 443 g/mol. The number of hydrogen-bond donors (Lipinski definition) is 1. The van der Waals surface area contributed by atoms with Crippen LogP contribution in [-0.4, -0.2) is 26.2 Å². The Morgan fingerprint density at radius 3 is 2.77 bits per heavy atom. The number of amides is 1. The van der Waals surface area contributed by atoms with E-state index in [0.717, 1.165) is 10.4 Å². The predicted octanol–water partition coefficient (Wildman–Crippen LogP) is 5.14. The number of carbonyl (C=O) groups is 1. The van der Waals surface area contributed by atoms with Gasteiger partial charge in [0.2, 0.25) is 5.91 Å². The first-order valence-electron chi connectivity index (χ1n) is 9.25. The third-order valence-electron chi connectivity index (χ3n) is 4.65. The van der Waals surface area contributed by atoms with Gasteiger partial charge in [-0.05, 0) is 51.5 Å². The number of anilines is 1. The van der Waals surface area contributed by atoms with Crippen LogP contribution in [0.3, 0.4) is 0 Å². The van der Waals surface area contributed by atoms with Crippen LogP contribution in [0.2, 0.25) is 0 Å². The summed E-state index contributed by atoms with van der Waals surface area (Å²) in [6, 6.07) is 4.23. The summed E-state index contributed by atoms with van der Waals surface area (Å²) in [6.45, 7) is 7.76. The number of carbonyl (C=O) groups excluding carboxylic acids is 1. The molecule has 0 saturated carbocycles. The zero-order chi connectivity index (χ0) is 21.6. The molecule has 1 N–H and O–H groups in total. The van der Waals surface area contributed by atoms with E-state index in [-0.39, 0.29) is 29.1 Å². The second-order valence-corrected chi connectivity index (χ2v) is 10.3. The van der Waals surface area contributed by atoms with Gasteiger partial charge in [0.1, 0.15) is 10.6 Å². The summed E-state index contributed by atoms with van der Waals surface area (Å²) in [4.78, 5) is 36.3. The van der Waals surface area contributed by atoms with Crippen molar-refractivity contribution in [3.8, 4) is 0 Å². The number of hydrogen-bond acceptors (Lipinski definition) is 7. The van der Waals surface area contributed by atoms with Crippen LogP contribution < -0.4 is 10.9 Å². The minimum Gasteiger partial charge on any atom is -0.301 e. The SMILES string of the molecule is Cc1sc2nc(SCC(=O)Nc3nc4ccc(F)cc4s3)n(C(C)C)c(=O)c2c1C. The van der Waals surface area contributed by atoms with Crippen molar-refractivity contribution in [1.82, 2.24) is 14.5 Å². The van der Waals surface area contributed by atoms with E-state index in [4.69, 9.17) is 0 Å². The summed E-state index contributed by atoms with van der Waals surface area (Å²) in [6.07, 6.45) is 0. The number of aryl methyl sites for hydroxylation is 2. The molecule has 10 heteroatoms. The van der Waals surface area contributed by atoms with Gasteiger partial charge in [-0.3, -0.25) is 14.2 Å². The number of fused-ring (bicyclic) bond motifs is 2. The first-order chi connectivity index (χ1) is 14.2. The van der Waals surface area contributed by atoms with Crippen LogP contribution in [0.15, 0.2) is 28.2 Å². The van der Waals surface area contributed by atoms with E-state index in [1.54, 1.807) is 10.6 Å². The number of thiazole rings is 1. The minimum atomic E-state index is -0.341. The van der Waals surface area contributed by atoms with E-state index in [2.05, 4.69) is 15.3 Å². The Hall–Kier alpha value is -2.30. The Bertz CT molecular complexity index is 1340. The molecule has 30 heavy (non-hydrogen) atoms. The molecule has 0 spiro atoms. The number of rotatable bonds is 5. The van der Waals surface area contributed by atoms with Crippen LogP contribution in [0, 0.1) is 19.7 Å². The molecule has 6 nitrogen and oxygen atoms in total. The number of benzene rings is 1. The fourth-order valence-electron chi connectivity index (χ4n) is 3.08. The van der Waals surface area contributed by atoms with Crippen molar-refractivity contribution in [3.63, 3.8) is 0 Å². The van der Waals surface area contributed by atoms with Crippen molar-refractivity contribution >= 4 is 65.9 Å². The average Bonchev–Trinajstić information content (AvgIpc) is 3.19. The number of nitrogens with zero attached hydrogens (tertiary/aromatic N) is 3. The number of thioether (sulfide) groups is 1. The second-order valence-electron chi connectivity index (χ2n) is 7.09. The van der Waals surface area contributed by atoms with Gasteiger partial charge in [-0.25, -0.2) is 14.4 Å². The zero-order valence-electron chi connectivity index (χ0n) is 16.8. The van der Waals surface area contributed by atoms with E-state index < -0.39 is 0 Å². The molecular formula is C20H19FN4O2S3. The van der Waals surface area contributed by atoms with Gasteiger partial charge < -0.3 is 5.32 Å². The summed E-state index contributed by atoms with van der Waals surface area (Å²) < 4.78 is 15.7. The Balaban J connectivity index is 1.57. The molecule has 156 valence electrons. The van der Waals surface area contributed by atoms with Gasteiger partial charge in [0.05, 0.1) is 21.4 Å². The van der Waals surface area contributed by atoms with Gasteiger partial charge in [0, 0.05) is 10.9 Å². The standard InChI is InChI=1S/C20H19FN4O2S3/c1-9(2)25-18(27)16-10(3)11(4)29-17(16)24-20(25)28-8-15(26)23-19-22-13-6-5-12(21)7-14(13)30-19/h5-7,9H,8H2,1-4H3,(H,22,23,26). The Morgan fingerprint density at radius 1 is 1.27 bits per heavy atom. The normalized spacial score (nSPS) is 11.7. The highest BCUT2D eigenvalue weighted by molar-refractivity contribution is 7.99. The van der Waals surface area contributed by atoms with E-state index in [9.17, 15) is 14.0 Å². The van der Waals surface area contributed by atoms with Gasteiger partial charge in [-0.2, -0.15) is 0 Å². The van der Waals surface area contributed by atoms with Gasteiger partial charge in [0.15, 0.2) is 10.3 Å². The molecule has 4 rings (SSSR count). The van der Waals surface area contributed by atoms with Gasteiger partial charge in [-0.15, -0.1) is 11.3 Å². The third-order valence-corrected chi connectivity index (χ3v) is 7.64. The van der Waals surface area contributed by atoms with Crippen LogP contribution in [0.4, 0.5) is 9.52 Å². The van der Waals surface area contributed by atoms with Crippen molar-refractivity contribution in [2.75, 3.05) is 11.1 Å². The van der Waals surface area contributed by atoms with Crippen molar-refractivity contribution < 1.29 is 9.18 Å². The number of thiophene rings is 1. The lowest BCUT2D eigenvalue weighted by molar-refractivity contribution is -0.113. The van der Waals surface area contributed by atoms with Crippen molar-refractivity contribution in [3.05, 3.63) is 44.8 Å². The van der Waals surface area contributed by atoms with Crippen molar-refractivity contribution in [1.29, 1.82) is 0 Å². The molecule has 0 saturated heterocycles. The summed E-state index contributed by atoms with van der Waals surface area (Å²) in [5.41, 5.74) is 1.52. The molecule has 0 radical (unpaired) electrons. The Labute approximate surface area is 184 Å². The largest absolute Gasteiger partial charge is 0.301 e. The molecule has 0 aliphatic heterocycles. The highest BCUT2D eigenvalue weighted by Gasteiger charge is 2.19. The molecule has 1 amide bonds. The molecule has 0 aliphatic rings. The fraction of sp³-hybridized carbons (Fsp3) is 0.300.